The number of carbonyl (C=O) groups excluding carboxylic acids is 1. The third-order valence-electron chi connectivity index (χ3n) is 4.58. The normalized spacial score (nSPS) is 19.2. The molecule has 1 aliphatic rings. The summed E-state index contributed by atoms with van der Waals surface area (Å²) in [5, 5.41) is 0. The fourth-order valence-corrected chi connectivity index (χ4v) is 2.92. The number of benzene rings is 1. The molecular formula is C18H14F5NO2. The molecule has 0 saturated heterocycles. The molecule has 0 fully saturated rings. The third kappa shape index (κ3) is 2.93. The highest BCUT2D eigenvalue weighted by Crippen LogP contribution is 2.46. The van der Waals surface area contributed by atoms with Crippen molar-refractivity contribution in [2.45, 2.75) is 24.9 Å². The molecule has 26 heavy (non-hydrogen) atoms. The second kappa shape index (κ2) is 6.34. The smallest absolute Gasteiger partial charge is 0.456 e. The molecule has 0 radical (unpaired) electrons. The molecule has 1 unspecified atom stereocenters. The standard InChI is InChI=1S/C18H14F5NO2/c1-2-17(8-19)9-26-15-12(17)7-13(16(25)18(21,22)23)24-14(15)10-3-5-11(20)6-4-10/h3-7H,2,8-9H2,1H3. The number of halogens is 5. The Morgan fingerprint density at radius 3 is 2.46 bits per heavy atom. The second-order valence-corrected chi connectivity index (χ2v) is 6.12. The maximum atomic E-state index is 13.7. The van der Waals surface area contributed by atoms with Crippen LogP contribution in [0, 0.1) is 5.82 Å². The number of hydrogen-bond donors (Lipinski definition) is 0. The molecule has 2 aromatic rings. The molecule has 138 valence electrons. The Hall–Kier alpha value is -2.51. The highest BCUT2D eigenvalue weighted by molar-refractivity contribution is 5.99. The van der Waals surface area contributed by atoms with Crippen LogP contribution in [0.15, 0.2) is 30.3 Å². The van der Waals surface area contributed by atoms with Gasteiger partial charge in [0.25, 0.3) is 5.78 Å². The monoisotopic (exact) mass is 371 g/mol. The molecule has 0 N–H and O–H groups in total. The van der Waals surface area contributed by atoms with Crippen LogP contribution in [0.25, 0.3) is 11.3 Å². The van der Waals surface area contributed by atoms with Gasteiger partial charge in [0.15, 0.2) is 0 Å². The molecule has 1 aromatic carbocycles. The van der Waals surface area contributed by atoms with Crippen LogP contribution in [-0.2, 0) is 5.41 Å². The van der Waals surface area contributed by atoms with E-state index in [1.165, 1.54) is 12.1 Å². The van der Waals surface area contributed by atoms with Crippen molar-refractivity contribution in [2.24, 2.45) is 0 Å². The minimum absolute atomic E-state index is 0.0427. The average Bonchev–Trinajstić information content (AvgIpc) is 2.99. The Morgan fingerprint density at radius 2 is 1.92 bits per heavy atom. The van der Waals surface area contributed by atoms with Gasteiger partial charge in [0.2, 0.25) is 0 Å². The van der Waals surface area contributed by atoms with Crippen molar-refractivity contribution in [1.29, 1.82) is 0 Å². The number of Topliss-reactive ketones (excluding diaryl/α,β-unsaturated/α-hetero) is 1. The number of rotatable bonds is 4. The topological polar surface area (TPSA) is 39.2 Å². The van der Waals surface area contributed by atoms with Gasteiger partial charge in [0.1, 0.15) is 36.2 Å². The Labute approximate surface area is 145 Å². The first-order valence-corrected chi connectivity index (χ1v) is 7.83. The lowest BCUT2D eigenvalue weighted by Crippen LogP contribution is -2.30. The summed E-state index contributed by atoms with van der Waals surface area (Å²) in [4.78, 5) is 15.5. The Balaban J connectivity index is 2.26. The van der Waals surface area contributed by atoms with E-state index in [1.54, 1.807) is 6.92 Å². The number of hydrogen-bond acceptors (Lipinski definition) is 3. The van der Waals surface area contributed by atoms with Crippen molar-refractivity contribution >= 4 is 5.78 Å². The molecule has 1 aliphatic heterocycles. The van der Waals surface area contributed by atoms with Gasteiger partial charge in [-0.15, -0.1) is 0 Å². The quantitative estimate of drug-likeness (QED) is 0.581. The second-order valence-electron chi connectivity index (χ2n) is 6.12. The zero-order chi connectivity index (χ0) is 19.1. The van der Waals surface area contributed by atoms with Gasteiger partial charge in [0, 0.05) is 11.1 Å². The van der Waals surface area contributed by atoms with Gasteiger partial charge in [-0.1, -0.05) is 6.92 Å². The molecule has 0 saturated carbocycles. The predicted octanol–water partition coefficient (Wildman–Crippen LogP) is 4.64. The van der Waals surface area contributed by atoms with E-state index in [1.807, 2.05) is 0 Å². The van der Waals surface area contributed by atoms with E-state index in [2.05, 4.69) is 4.98 Å². The molecule has 0 bridgehead atoms. The van der Waals surface area contributed by atoms with Crippen LogP contribution in [0.3, 0.4) is 0 Å². The van der Waals surface area contributed by atoms with Crippen LogP contribution in [0.4, 0.5) is 22.0 Å². The number of fused-ring (bicyclic) bond motifs is 1. The fourth-order valence-electron chi connectivity index (χ4n) is 2.92. The molecule has 0 aliphatic carbocycles. The van der Waals surface area contributed by atoms with Crippen LogP contribution in [-0.4, -0.2) is 30.2 Å². The largest absolute Gasteiger partial charge is 0.490 e. The van der Waals surface area contributed by atoms with Crippen LogP contribution in [0.1, 0.15) is 29.4 Å². The summed E-state index contributed by atoms with van der Waals surface area (Å²) in [7, 11) is 0. The predicted molar refractivity (Wildman–Crippen MR) is 83.5 cm³/mol. The molecule has 1 aromatic heterocycles. The van der Waals surface area contributed by atoms with E-state index in [0.717, 1.165) is 18.2 Å². The van der Waals surface area contributed by atoms with E-state index < -0.39 is 35.6 Å². The van der Waals surface area contributed by atoms with Gasteiger partial charge in [0.05, 0.1) is 5.41 Å². The van der Waals surface area contributed by atoms with E-state index in [4.69, 9.17) is 4.74 Å². The number of pyridine rings is 1. The molecule has 2 heterocycles. The summed E-state index contributed by atoms with van der Waals surface area (Å²) in [6.45, 7) is 0.749. The van der Waals surface area contributed by atoms with Crippen molar-refractivity contribution in [3.63, 3.8) is 0 Å². The highest BCUT2D eigenvalue weighted by Gasteiger charge is 2.45. The van der Waals surface area contributed by atoms with E-state index >= 15 is 0 Å². The lowest BCUT2D eigenvalue weighted by molar-refractivity contribution is -0.0888. The van der Waals surface area contributed by atoms with Crippen molar-refractivity contribution < 1.29 is 31.5 Å². The summed E-state index contributed by atoms with van der Waals surface area (Å²) < 4.78 is 71.1. The Morgan fingerprint density at radius 1 is 1.27 bits per heavy atom. The van der Waals surface area contributed by atoms with Crippen molar-refractivity contribution in [1.82, 2.24) is 4.98 Å². The van der Waals surface area contributed by atoms with Crippen LogP contribution >= 0.6 is 0 Å². The lowest BCUT2D eigenvalue weighted by atomic mass is 9.80. The fraction of sp³-hybridized carbons (Fsp3) is 0.333. The minimum Gasteiger partial charge on any atom is -0.490 e. The Bertz CT molecular complexity index is 842. The maximum Gasteiger partial charge on any atom is 0.456 e. The summed E-state index contributed by atoms with van der Waals surface area (Å²) in [6.07, 6.45) is -4.85. The van der Waals surface area contributed by atoms with E-state index in [-0.39, 0.29) is 35.6 Å². The number of ether oxygens (including phenoxy) is 1. The molecule has 0 amide bonds. The summed E-state index contributed by atoms with van der Waals surface area (Å²) >= 11 is 0. The first kappa shape index (κ1) is 18.3. The van der Waals surface area contributed by atoms with E-state index in [9.17, 15) is 26.7 Å². The van der Waals surface area contributed by atoms with Crippen molar-refractivity contribution in [2.75, 3.05) is 13.3 Å². The van der Waals surface area contributed by atoms with Gasteiger partial charge in [-0.25, -0.2) is 13.8 Å². The summed E-state index contributed by atoms with van der Waals surface area (Å²) in [6, 6.07) is 5.79. The lowest BCUT2D eigenvalue weighted by Gasteiger charge is -2.22. The highest BCUT2D eigenvalue weighted by atomic mass is 19.4. The van der Waals surface area contributed by atoms with Crippen molar-refractivity contribution in [3.05, 3.63) is 47.4 Å². The number of nitrogens with zero attached hydrogens (tertiary/aromatic N) is 1. The van der Waals surface area contributed by atoms with Crippen LogP contribution in [0.2, 0.25) is 0 Å². The molecule has 8 heteroatoms. The first-order chi connectivity index (χ1) is 12.2. The zero-order valence-electron chi connectivity index (χ0n) is 13.7. The first-order valence-electron chi connectivity index (χ1n) is 7.83. The zero-order valence-corrected chi connectivity index (χ0v) is 13.7. The Kier molecular flexibility index (Phi) is 4.46. The number of aromatic nitrogens is 1. The third-order valence-corrected chi connectivity index (χ3v) is 4.58. The minimum atomic E-state index is -5.12. The van der Waals surface area contributed by atoms with Gasteiger partial charge in [-0.3, -0.25) is 4.79 Å². The van der Waals surface area contributed by atoms with Crippen LogP contribution < -0.4 is 4.74 Å². The molecular weight excluding hydrogens is 357 g/mol. The number of alkyl halides is 4. The van der Waals surface area contributed by atoms with Gasteiger partial charge in [-0.05, 0) is 36.8 Å². The number of carbonyl (C=O) groups is 1. The van der Waals surface area contributed by atoms with Gasteiger partial charge >= 0.3 is 6.18 Å². The number of ketones is 1. The molecule has 3 rings (SSSR count). The molecule has 3 nitrogen and oxygen atoms in total. The maximum absolute atomic E-state index is 13.7. The summed E-state index contributed by atoms with van der Waals surface area (Å²) in [5.41, 5.74) is -1.59. The van der Waals surface area contributed by atoms with Gasteiger partial charge < -0.3 is 4.74 Å². The average molecular weight is 371 g/mol. The molecule has 1 atom stereocenters. The SMILES string of the molecule is CCC1(CF)COc2c1cc(C(=O)C(F)(F)F)nc2-c1ccc(F)cc1. The van der Waals surface area contributed by atoms with E-state index in [0.29, 0.717) is 0 Å². The van der Waals surface area contributed by atoms with Gasteiger partial charge in [-0.2, -0.15) is 13.2 Å². The summed E-state index contributed by atoms with van der Waals surface area (Å²) in [5.74, 6) is -2.55. The molecule has 0 spiro atoms. The van der Waals surface area contributed by atoms with Crippen LogP contribution in [0.5, 0.6) is 5.75 Å². The van der Waals surface area contributed by atoms with Crippen molar-refractivity contribution in [3.8, 4) is 17.0 Å².